The number of benzene rings is 1. The molecule has 0 unspecified atom stereocenters. The smallest absolute Gasteiger partial charge is 0.291 e. The standard InChI is InChI=1S/C20H25N5O3S/c1-15(26)16-4-6-17(7-5-16)23-11-9-22(10-12-23)14-25-20(29)28-18(21-25)13-24-8-2-3-19(24)27/h4-7H,2-3,8-14H2,1H3/p+1. The number of carbonyl (C=O) groups excluding carboxylic acids is 2. The summed E-state index contributed by atoms with van der Waals surface area (Å²) in [6, 6.07) is 7.80. The van der Waals surface area contributed by atoms with Crippen LogP contribution in [0.2, 0.25) is 0 Å². The second-order valence-corrected chi connectivity index (χ2v) is 8.03. The fraction of sp³-hybridized carbons (Fsp3) is 0.500. The molecule has 0 spiro atoms. The van der Waals surface area contributed by atoms with Gasteiger partial charge in [-0.1, -0.05) is 0 Å². The maximum atomic E-state index is 11.8. The number of Topliss-reactive ketones (excluding diaryl/α,β-unsaturated/α-hetero) is 1. The number of likely N-dealkylation sites (tertiary alicyclic amines) is 1. The minimum absolute atomic E-state index is 0.0867. The van der Waals surface area contributed by atoms with Gasteiger partial charge in [-0.05, 0) is 49.8 Å². The zero-order valence-corrected chi connectivity index (χ0v) is 17.4. The molecule has 0 bridgehead atoms. The number of amides is 1. The van der Waals surface area contributed by atoms with E-state index in [1.165, 1.54) is 4.90 Å². The summed E-state index contributed by atoms with van der Waals surface area (Å²) in [7, 11) is 0. The molecule has 0 aliphatic carbocycles. The lowest BCUT2D eigenvalue weighted by Crippen LogP contribution is -3.14. The number of anilines is 1. The third-order valence-corrected chi connectivity index (χ3v) is 5.92. The zero-order chi connectivity index (χ0) is 20.4. The van der Waals surface area contributed by atoms with Crippen molar-refractivity contribution in [2.75, 3.05) is 37.6 Å². The van der Waals surface area contributed by atoms with Gasteiger partial charge in [0.05, 0.1) is 32.7 Å². The van der Waals surface area contributed by atoms with Crippen LogP contribution < -0.4 is 9.80 Å². The molecule has 29 heavy (non-hydrogen) atoms. The number of rotatable bonds is 6. The van der Waals surface area contributed by atoms with E-state index in [9.17, 15) is 9.59 Å². The Morgan fingerprint density at radius 1 is 1.21 bits per heavy atom. The van der Waals surface area contributed by atoms with E-state index >= 15 is 0 Å². The quantitative estimate of drug-likeness (QED) is 0.557. The predicted molar refractivity (Wildman–Crippen MR) is 109 cm³/mol. The van der Waals surface area contributed by atoms with Gasteiger partial charge < -0.3 is 19.1 Å². The van der Waals surface area contributed by atoms with Crippen LogP contribution in [0.3, 0.4) is 0 Å². The van der Waals surface area contributed by atoms with Crippen LogP contribution in [0.15, 0.2) is 28.7 Å². The number of piperazine rings is 1. The summed E-state index contributed by atoms with van der Waals surface area (Å²) < 4.78 is 7.34. The van der Waals surface area contributed by atoms with Gasteiger partial charge in [0.15, 0.2) is 12.5 Å². The van der Waals surface area contributed by atoms with Crippen LogP contribution in [0.25, 0.3) is 0 Å². The monoisotopic (exact) mass is 416 g/mol. The molecule has 0 saturated carbocycles. The second kappa shape index (κ2) is 8.46. The van der Waals surface area contributed by atoms with Gasteiger partial charge in [-0.15, -0.1) is 5.10 Å². The van der Waals surface area contributed by atoms with Crippen LogP contribution in [-0.4, -0.2) is 59.1 Å². The first kappa shape index (κ1) is 19.8. The minimum atomic E-state index is 0.0867. The van der Waals surface area contributed by atoms with E-state index in [1.54, 1.807) is 16.5 Å². The van der Waals surface area contributed by atoms with Gasteiger partial charge in [-0.3, -0.25) is 9.59 Å². The average Bonchev–Trinajstić information content (AvgIpc) is 3.28. The SMILES string of the molecule is CC(=O)c1ccc(N2CC[NH+](Cn3nc(CN4CCCC4=O)oc3=S)CC2)cc1. The highest BCUT2D eigenvalue weighted by atomic mass is 32.1. The molecule has 8 nitrogen and oxygen atoms in total. The van der Waals surface area contributed by atoms with Crippen LogP contribution in [0.4, 0.5) is 5.69 Å². The number of aromatic nitrogens is 2. The Labute approximate surface area is 174 Å². The van der Waals surface area contributed by atoms with Gasteiger partial charge in [0.25, 0.3) is 4.84 Å². The molecule has 4 rings (SSSR count). The first-order valence-corrected chi connectivity index (χ1v) is 10.4. The van der Waals surface area contributed by atoms with Crippen molar-refractivity contribution >= 4 is 29.6 Å². The van der Waals surface area contributed by atoms with Crippen molar-refractivity contribution in [1.29, 1.82) is 0 Å². The number of hydrogen-bond donors (Lipinski definition) is 1. The van der Waals surface area contributed by atoms with Crippen LogP contribution in [0, 0.1) is 4.84 Å². The Balaban J connectivity index is 1.32. The summed E-state index contributed by atoms with van der Waals surface area (Å²) in [4.78, 5) is 29.1. The van der Waals surface area contributed by atoms with Gasteiger partial charge in [-0.2, -0.15) is 4.68 Å². The number of nitrogens with zero attached hydrogens (tertiary/aromatic N) is 4. The van der Waals surface area contributed by atoms with Crippen molar-refractivity contribution in [3.63, 3.8) is 0 Å². The number of quaternary nitrogens is 1. The Morgan fingerprint density at radius 2 is 1.93 bits per heavy atom. The average molecular weight is 417 g/mol. The molecule has 9 heteroatoms. The van der Waals surface area contributed by atoms with Crippen molar-refractivity contribution < 1.29 is 18.9 Å². The maximum Gasteiger partial charge on any atom is 0.291 e. The van der Waals surface area contributed by atoms with Crippen LogP contribution in [0.1, 0.15) is 36.0 Å². The van der Waals surface area contributed by atoms with Crippen molar-refractivity contribution in [2.45, 2.75) is 33.0 Å². The molecule has 1 aromatic carbocycles. The Bertz CT molecular complexity index is 944. The highest BCUT2D eigenvalue weighted by molar-refractivity contribution is 7.71. The fourth-order valence-corrected chi connectivity index (χ4v) is 4.11. The van der Waals surface area contributed by atoms with E-state index in [4.69, 9.17) is 16.6 Å². The van der Waals surface area contributed by atoms with Gasteiger partial charge in [0.1, 0.15) is 0 Å². The Hall–Kier alpha value is -2.52. The van der Waals surface area contributed by atoms with E-state index < -0.39 is 0 Å². The molecule has 0 atom stereocenters. The normalized spacial score (nSPS) is 17.9. The lowest BCUT2D eigenvalue weighted by Gasteiger charge is -2.33. The van der Waals surface area contributed by atoms with Crippen LogP contribution in [-0.2, 0) is 18.0 Å². The highest BCUT2D eigenvalue weighted by Crippen LogP contribution is 2.16. The van der Waals surface area contributed by atoms with Gasteiger partial charge in [0, 0.05) is 24.2 Å². The van der Waals surface area contributed by atoms with Crippen molar-refractivity contribution in [1.82, 2.24) is 14.7 Å². The highest BCUT2D eigenvalue weighted by Gasteiger charge is 2.24. The lowest BCUT2D eigenvalue weighted by molar-refractivity contribution is -0.924. The number of nitrogens with one attached hydrogen (secondary N) is 1. The second-order valence-electron chi connectivity index (χ2n) is 7.68. The van der Waals surface area contributed by atoms with Crippen LogP contribution in [0.5, 0.6) is 0 Å². The summed E-state index contributed by atoms with van der Waals surface area (Å²) in [5, 5.41) is 4.49. The summed E-state index contributed by atoms with van der Waals surface area (Å²) in [5.41, 5.74) is 1.88. The van der Waals surface area contributed by atoms with Crippen molar-refractivity contribution in [3.05, 3.63) is 40.6 Å². The van der Waals surface area contributed by atoms with E-state index in [1.807, 2.05) is 24.3 Å². The summed E-state index contributed by atoms with van der Waals surface area (Å²) in [6.45, 7) is 7.17. The lowest BCUT2D eigenvalue weighted by atomic mass is 10.1. The topological polar surface area (TPSA) is 76.0 Å². The number of hydrogen-bond acceptors (Lipinski definition) is 6. The third kappa shape index (κ3) is 4.56. The molecular weight excluding hydrogens is 390 g/mol. The minimum Gasteiger partial charge on any atom is -0.412 e. The molecule has 0 radical (unpaired) electrons. The molecule has 2 aliphatic heterocycles. The molecule has 1 amide bonds. The Morgan fingerprint density at radius 3 is 2.55 bits per heavy atom. The summed E-state index contributed by atoms with van der Waals surface area (Å²) >= 11 is 5.32. The molecule has 2 saturated heterocycles. The zero-order valence-electron chi connectivity index (χ0n) is 16.6. The van der Waals surface area contributed by atoms with Gasteiger partial charge in [-0.25, -0.2) is 0 Å². The maximum absolute atomic E-state index is 11.8. The largest absolute Gasteiger partial charge is 0.412 e. The van der Waals surface area contributed by atoms with E-state index in [0.29, 0.717) is 30.4 Å². The summed E-state index contributed by atoms with van der Waals surface area (Å²) in [5.74, 6) is 0.747. The van der Waals surface area contributed by atoms with E-state index in [2.05, 4.69) is 10.00 Å². The van der Waals surface area contributed by atoms with Crippen LogP contribution >= 0.6 is 12.2 Å². The molecular formula is C20H26N5O3S+. The molecule has 1 N–H and O–H groups in total. The molecule has 1 aromatic heterocycles. The third-order valence-electron chi connectivity index (χ3n) is 5.63. The molecule has 3 heterocycles. The fourth-order valence-electron chi connectivity index (χ4n) is 3.91. The Kier molecular flexibility index (Phi) is 5.77. The molecule has 2 aliphatic rings. The van der Waals surface area contributed by atoms with Gasteiger partial charge in [0.2, 0.25) is 11.8 Å². The van der Waals surface area contributed by atoms with Crippen molar-refractivity contribution in [2.24, 2.45) is 0 Å². The number of ketones is 1. The predicted octanol–water partition coefficient (Wildman–Crippen LogP) is 0.893. The molecule has 2 fully saturated rings. The summed E-state index contributed by atoms with van der Waals surface area (Å²) in [6.07, 6.45) is 1.50. The van der Waals surface area contributed by atoms with Crippen molar-refractivity contribution in [3.8, 4) is 0 Å². The molecule has 154 valence electrons. The van der Waals surface area contributed by atoms with Gasteiger partial charge >= 0.3 is 0 Å². The van der Waals surface area contributed by atoms with E-state index in [-0.39, 0.29) is 11.7 Å². The van der Waals surface area contributed by atoms with E-state index in [0.717, 1.165) is 50.4 Å². The first-order valence-electron chi connectivity index (χ1n) is 10.0. The number of carbonyl (C=O) groups is 2. The first-order chi connectivity index (χ1) is 14.0. The molecule has 2 aromatic rings.